The van der Waals surface area contributed by atoms with Crippen LogP contribution in [0.4, 0.5) is 4.79 Å². The maximum Gasteiger partial charge on any atom is 0.411 e. The van der Waals surface area contributed by atoms with Crippen LogP contribution in [-0.2, 0) is 19.1 Å². The van der Waals surface area contributed by atoms with E-state index in [1.54, 1.807) is 20.8 Å². The zero-order valence-electron chi connectivity index (χ0n) is 11.2. The summed E-state index contributed by atoms with van der Waals surface area (Å²) in [5, 5.41) is 0. The van der Waals surface area contributed by atoms with E-state index in [0.717, 1.165) is 4.90 Å². The minimum absolute atomic E-state index is 0.277. The van der Waals surface area contributed by atoms with Gasteiger partial charge in [-0.05, 0) is 27.2 Å². The summed E-state index contributed by atoms with van der Waals surface area (Å²) >= 11 is 0. The Bertz CT molecular complexity index is 350. The third-order valence-electron chi connectivity index (χ3n) is 2.49. The molecule has 0 aromatic carbocycles. The van der Waals surface area contributed by atoms with Gasteiger partial charge in [-0.3, -0.25) is 9.69 Å². The molecule has 1 saturated heterocycles. The van der Waals surface area contributed by atoms with E-state index in [1.807, 2.05) is 0 Å². The Morgan fingerprint density at radius 3 is 2.44 bits per heavy atom. The number of esters is 1. The molecule has 0 spiro atoms. The summed E-state index contributed by atoms with van der Waals surface area (Å²) in [6, 6.07) is -1.17. The molecule has 1 aliphatic rings. The fourth-order valence-electron chi connectivity index (χ4n) is 1.75. The Morgan fingerprint density at radius 2 is 1.94 bits per heavy atom. The normalized spacial score (nSPS) is 20.6. The van der Waals surface area contributed by atoms with Crippen LogP contribution in [0.2, 0.25) is 0 Å². The van der Waals surface area contributed by atoms with Gasteiger partial charge in [-0.25, -0.2) is 9.59 Å². The maximum atomic E-state index is 11.9. The fraction of sp³-hybridized carbons (Fsp3) is 0.750. The van der Waals surface area contributed by atoms with Gasteiger partial charge in [-0.15, -0.1) is 0 Å². The summed E-state index contributed by atoms with van der Waals surface area (Å²) in [6.07, 6.45) is 0.149. The molecule has 0 aromatic rings. The quantitative estimate of drug-likeness (QED) is 0.520. The van der Waals surface area contributed by atoms with Crippen LogP contribution in [0.5, 0.6) is 0 Å². The number of nitrogens with zero attached hydrogens (tertiary/aromatic N) is 1. The maximum absolute atomic E-state index is 11.9. The van der Waals surface area contributed by atoms with Crippen LogP contribution < -0.4 is 0 Å². The summed E-state index contributed by atoms with van der Waals surface area (Å²) in [7, 11) is 1.19. The number of likely N-dealkylation sites (tertiary alicyclic amines) is 1. The number of ether oxygens (including phenoxy) is 2. The average molecular weight is 257 g/mol. The molecule has 1 heterocycles. The second kappa shape index (κ2) is 5.37. The van der Waals surface area contributed by atoms with E-state index in [1.165, 1.54) is 7.11 Å². The molecular weight excluding hydrogens is 238 g/mol. The number of amides is 1. The Hall–Kier alpha value is -1.59. The van der Waals surface area contributed by atoms with Crippen LogP contribution in [0.1, 0.15) is 33.6 Å². The van der Waals surface area contributed by atoms with Crippen LogP contribution in [0.15, 0.2) is 0 Å². The second-order valence-corrected chi connectivity index (χ2v) is 5.17. The molecule has 1 rings (SSSR count). The number of Topliss-reactive ketones (excluding diaryl/α,β-unsaturated/α-hetero) is 1. The first-order valence-electron chi connectivity index (χ1n) is 5.86. The van der Waals surface area contributed by atoms with Crippen LogP contribution in [0.25, 0.3) is 0 Å². The summed E-state index contributed by atoms with van der Waals surface area (Å²) < 4.78 is 9.74. The lowest BCUT2D eigenvalue weighted by atomic mass is 10.0. The van der Waals surface area contributed by atoms with Crippen molar-refractivity contribution in [3.05, 3.63) is 0 Å². The van der Waals surface area contributed by atoms with Gasteiger partial charge in [0.2, 0.25) is 0 Å². The summed E-state index contributed by atoms with van der Waals surface area (Å²) in [6.45, 7) is 5.50. The molecule has 0 unspecified atom stereocenters. The van der Waals surface area contributed by atoms with E-state index in [9.17, 15) is 14.4 Å². The number of ketones is 1. The Kier molecular flexibility index (Phi) is 4.32. The lowest BCUT2D eigenvalue weighted by molar-refractivity contribution is -0.152. The summed E-state index contributed by atoms with van der Waals surface area (Å²) in [4.78, 5) is 36.4. The molecule has 1 amide bonds. The summed E-state index contributed by atoms with van der Waals surface area (Å²) in [5.41, 5.74) is -0.668. The smallest absolute Gasteiger partial charge is 0.411 e. The van der Waals surface area contributed by atoms with Crippen molar-refractivity contribution in [2.45, 2.75) is 45.3 Å². The SMILES string of the molecule is COC(=O)[C@@H]1C(=O)CCCN1C(=O)OC(C)(C)C. The molecule has 6 nitrogen and oxygen atoms in total. The fourth-order valence-corrected chi connectivity index (χ4v) is 1.75. The Labute approximate surface area is 106 Å². The molecule has 0 aromatic heterocycles. The van der Waals surface area contributed by atoms with E-state index >= 15 is 0 Å². The Balaban J connectivity index is 2.86. The molecule has 1 atom stereocenters. The van der Waals surface area contributed by atoms with Crippen molar-refractivity contribution in [3.63, 3.8) is 0 Å². The molecule has 0 radical (unpaired) electrons. The number of piperidine rings is 1. The van der Waals surface area contributed by atoms with Gasteiger partial charge >= 0.3 is 12.1 Å². The summed E-state index contributed by atoms with van der Waals surface area (Å²) in [5.74, 6) is -1.02. The number of carbonyl (C=O) groups excluding carboxylic acids is 3. The Morgan fingerprint density at radius 1 is 1.33 bits per heavy atom. The van der Waals surface area contributed by atoms with Gasteiger partial charge < -0.3 is 9.47 Å². The van der Waals surface area contributed by atoms with Gasteiger partial charge in [0.05, 0.1) is 7.11 Å². The minimum Gasteiger partial charge on any atom is -0.467 e. The zero-order valence-corrected chi connectivity index (χ0v) is 11.2. The van der Waals surface area contributed by atoms with Crippen molar-refractivity contribution in [1.29, 1.82) is 0 Å². The molecule has 0 aliphatic carbocycles. The van der Waals surface area contributed by atoms with Crippen molar-refractivity contribution < 1.29 is 23.9 Å². The highest BCUT2D eigenvalue weighted by molar-refractivity contribution is 6.05. The highest BCUT2D eigenvalue weighted by Gasteiger charge is 2.40. The highest BCUT2D eigenvalue weighted by atomic mass is 16.6. The number of methoxy groups -OCH3 is 1. The number of hydrogen-bond donors (Lipinski definition) is 0. The monoisotopic (exact) mass is 257 g/mol. The second-order valence-electron chi connectivity index (χ2n) is 5.17. The van der Waals surface area contributed by atoms with Crippen LogP contribution in [0.3, 0.4) is 0 Å². The van der Waals surface area contributed by atoms with Crippen molar-refractivity contribution in [1.82, 2.24) is 4.90 Å². The van der Waals surface area contributed by atoms with Crippen molar-refractivity contribution in [2.75, 3.05) is 13.7 Å². The molecule has 6 heteroatoms. The van der Waals surface area contributed by atoms with E-state index in [2.05, 4.69) is 4.74 Å². The van der Waals surface area contributed by atoms with Crippen molar-refractivity contribution in [2.24, 2.45) is 0 Å². The molecule has 0 N–H and O–H groups in total. The first-order valence-corrected chi connectivity index (χ1v) is 5.86. The van der Waals surface area contributed by atoms with Crippen LogP contribution in [0, 0.1) is 0 Å². The standard InChI is InChI=1S/C12H19NO5/c1-12(2,3)18-11(16)13-7-5-6-8(14)9(13)10(15)17-4/h9H,5-7H2,1-4H3/t9-/m0/s1. The lowest BCUT2D eigenvalue weighted by Crippen LogP contribution is -2.54. The van der Waals surface area contributed by atoms with Gasteiger partial charge in [0.15, 0.2) is 11.8 Å². The molecule has 18 heavy (non-hydrogen) atoms. The van der Waals surface area contributed by atoms with Crippen LogP contribution >= 0.6 is 0 Å². The first-order chi connectivity index (χ1) is 8.26. The van der Waals surface area contributed by atoms with Crippen LogP contribution in [-0.4, -0.2) is 48.0 Å². The number of rotatable bonds is 1. The molecular formula is C12H19NO5. The van der Waals surface area contributed by atoms with Gasteiger partial charge in [-0.2, -0.15) is 0 Å². The van der Waals surface area contributed by atoms with Crippen molar-refractivity contribution >= 4 is 17.8 Å². The third kappa shape index (κ3) is 3.45. The zero-order chi connectivity index (χ0) is 13.9. The van der Waals surface area contributed by atoms with E-state index in [4.69, 9.17) is 4.74 Å². The van der Waals surface area contributed by atoms with Gasteiger partial charge in [-0.1, -0.05) is 0 Å². The molecule has 0 saturated carbocycles. The largest absolute Gasteiger partial charge is 0.467 e. The van der Waals surface area contributed by atoms with Crippen molar-refractivity contribution in [3.8, 4) is 0 Å². The molecule has 0 bridgehead atoms. The van der Waals surface area contributed by atoms with Gasteiger partial charge in [0.1, 0.15) is 5.60 Å². The van der Waals surface area contributed by atoms with Gasteiger partial charge in [0, 0.05) is 13.0 Å². The van der Waals surface area contributed by atoms with E-state index in [0.29, 0.717) is 13.0 Å². The molecule has 1 aliphatic heterocycles. The topological polar surface area (TPSA) is 72.9 Å². The van der Waals surface area contributed by atoms with E-state index in [-0.39, 0.29) is 12.2 Å². The predicted molar refractivity (Wildman–Crippen MR) is 63.0 cm³/mol. The molecule has 1 fully saturated rings. The predicted octanol–water partition coefficient (Wildman–Crippen LogP) is 1.13. The van der Waals surface area contributed by atoms with Gasteiger partial charge in [0.25, 0.3) is 0 Å². The number of carbonyl (C=O) groups is 3. The number of hydrogen-bond acceptors (Lipinski definition) is 5. The highest BCUT2D eigenvalue weighted by Crippen LogP contribution is 2.19. The van der Waals surface area contributed by atoms with E-state index < -0.39 is 23.7 Å². The minimum atomic E-state index is -1.17. The lowest BCUT2D eigenvalue weighted by Gasteiger charge is -2.34. The molecule has 102 valence electrons. The third-order valence-corrected chi connectivity index (χ3v) is 2.49. The first kappa shape index (κ1) is 14.5. The average Bonchev–Trinajstić information content (AvgIpc) is 2.25.